The molecule has 1 aliphatic rings. The number of hydrogen-bond acceptors (Lipinski definition) is 4. The molecule has 1 amide bonds. The van der Waals surface area contributed by atoms with Crippen LogP contribution in [0.2, 0.25) is 5.02 Å². The van der Waals surface area contributed by atoms with Gasteiger partial charge in [-0.25, -0.2) is 4.68 Å². The number of benzene rings is 2. The minimum absolute atomic E-state index is 0.197. The van der Waals surface area contributed by atoms with Crippen molar-refractivity contribution in [3.8, 4) is 5.69 Å². The Morgan fingerprint density at radius 3 is 2.80 bits per heavy atom. The number of amides is 1. The fourth-order valence-electron chi connectivity index (χ4n) is 3.63. The number of hydrogen-bond donors (Lipinski definition) is 1. The normalized spacial score (nSPS) is 13.2. The molecule has 0 aliphatic carbocycles. The van der Waals surface area contributed by atoms with E-state index in [1.165, 1.54) is 16.1 Å². The van der Waals surface area contributed by atoms with Gasteiger partial charge in [-0.05, 0) is 65.9 Å². The summed E-state index contributed by atoms with van der Waals surface area (Å²) >= 11 is 7.88. The van der Waals surface area contributed by atoms with Gasteiger partial charge in [-0.15, -0.1) is 11.3 Å². The zero-order valence-corrected chi connectivity index (χ0v) is 17.7. The molecule has 5 rings (SSSR count). The molecule has 0 atom stereocenters. The van der Waals surface area contributed by atoms with Gasteiger partial charge < -0.3 is 10.2 Å². The summed E-state index contributed by atoms with van der Waals surface area (Å²) in [4.78, 5) is 16.5. The summed E-state index contributed by atoms with van der Waals surface area (Å²) in [5.74, 6) is -0.197. The lowest BCUT2D eigenvalue weighted by molar-refractivity contribution is 0.102. The van der Waals surface area contributed by atoms with Crippen LogP contribution in [0.15, 0.2) is 72.4 Å². The molecule has 30 heavy (non-hydrogen) atoms. The van der Waals surface area contributed by atoms with Crippen molar-refractivity contribution in [2.24, 2.45) is 0 Å². The largest absolute Gasteiger partial charge is 0.367 e. The second-order valence-electron chi connectivity index (χ2n) is 7.20. The summed E-state index contributed by atoms with van der Waals surface area (Å²) in [6, 6.07) is 17.6. The highest BCUT2D eigenvalue weighted by molar-refractivity contribution is 7.10. The van der Waals surface area contributed by atoms with Crippen molar-refractivity contribution >= 4 is 40.2 Å². The standard InChI is InChI=1S/C23H19ClN4OS/c24-18-2-1-3-21(12-18)28-15-17(13-25-28)23(29)26-19-4-6-20(7-5-19)27-10-8-22-16(14-27)9-11-30-22/h1-7,9,11-13,15H,8,10,14H2,(H,26,29). The highest BCUT2D eigenvalue weighted by atomic mass is 35.5. The predicted molar refractivity (Wildman–Crippen MR) is 122 cm³/mol. The Bertz CT molecular complexity index is 1200. The van der Waals surface area contributed by atoms with Gasteiger partial charge >= 0.3 is 0 Å². The first-order chi connectivity index (χ1) is 14.7. The molecule has 3 heterocycles. The summed E-state index contributed by atoms with van der Waals surface area (Å²) in [5, 5.41) is 10.0. The first kappa shape index (κ1) is 18.9. The quantitative estimate of drug-likeness (QED) is 0.467. The first-order valence-electron chi connectivity index (χ1n) is 9.68. The van der Waals surface area contributed by atoms with Gasteiger partial charge in [0.05, 0.1) is 17.4 Å². The average molecular weight is 435 g/mol. The molecule has 0 unspecified atom stereocenters. The van der Waals surface area contributed by atoms with Gasteiger partial charge in [0.2, 0.25) is 0 Å². The molecule has 150 valence electrons. The number of rotatable bonds is 4. The number of nitrogens with zero attached hydrogens (tertiary/aromatic N) is 3. The topological polar surface area (TPSA) is 50.2 Å². The number of fused-ring (bicyclic) bond motifs is 1. The van der Waals surface area contributed by atoms with Gasteiger partial charge in [-0.2, -0.15) is 5.10 Å². The van der Waals surface area contributed by atoms with Gasteiger partial charge in [0, 0.05) is 40.6 Å². The molecular weight excluding hydrogens is 416 g/mol. The predicted octanol–water partition coefficient (Wildman–Crippen LogP) is 5.40. The van der Waals surface area contributed by atoms with Crippen molar-refractivity contribution in [2.45, 2.75) is 13.0 Å². The van der Waals surface area contributed by atoms with Crippen molar-refractivity contribution in [1.29, 1.82) is 0 Å². The van der Waals surface area contributed by atoms with Gasteiger partial charge in [0.25, 0.3) is 5.91 Å². The lowest BCUT2D eigenvalue weighted by atomic mass is 10.1. The Hall–Kier alpha value is -3.09. The van der Waals surface area contributed by atoms with Crippen LogP contribution in [0.5, 0.6) is 0 Å². The first-order valence-corrected chi connectivity index (χ1v) is 10.9. The molecule has 4 aromatic rings. The molecule has 0 radical (unpaired) electrons. The van der Waals surface area contributed by atoms with E-state index in [1.807, 2.05) is 35.6 Å². The number of halogens is 1. The van der Waals surface area contributed by atoms with E-state index in [9.17, 15) is 4.79 Å². The van der Waals surface area contributed by atoms with E-state index >= 15 is 0 Å². The average Bonchev–Trinajstić information content (AvgIpc) is 3.43. The van der Waals surface area contributed by atoms with E-state index in [4.69, 9.17) is 11.6 Å². The number of aromatic nitrogens is 2. The van der Waals surface area contributed by atoms with Crippen LogP contribution in [0.3, 0.4) is 0 Å². The van der Waals surface area contributed by atoms with Crippen LogP contribution in [-0.2, 0) is 13.0 Å². The lowest BCUT2D eigenvalue weighted by Crippen LogP contribution is -2.29. The smallest absolute Gasteiger partial charge is 0.258 e. The van der Waals surface area contributed by atoms with Crippen molar-refractivity contribution in [2.75, 3.05) is 16.8 Å². The molecule has 0 bridgehead atoms. The fraction of sp³-hybridized carbons (Fsp3) is 0.130. The maximum atomic E-state index is 12.6. The zero-order chi connectivity index (χ0) is 20.5. The molecule has 7 heteroatoms. The molecule has 0 fully saturated rings. The Kier molecular flexibility index (Phi) is 5.02. The molecule has 1 N–H and O–H groups in total. The Morgan fingerprint density at radius 2 is 1.97 bits per heavy atom. The van der Waals surface area contributed by atoms with Crippen LogP contribution in [0.1, 0.15) is 20.8 Å². The van der Waals surface area contributed by atoms with E-state index in [-0.39, 0.29) is 5.91 Å². The number of carbonyl (C=O) groups is 1. The SMILES string of the molecule is O=C(Nc1ccc(N2CCc3sccc3C2)cc1)c1cnn(-c2cccc(Cl)c2)c1. The van der Waals surface area contributed by atoms with Crippen molar-refractivity contribution in [3.05, 3.63) is 93.4 Å². The van der Waals surface area contributed by atoms with Crippen LogP contribution < -0.4 is 10.2 Å². The molecule has 2 aromatic carbocycles. The minimum Gasteiger partial charge on any atom is -0.367 e. The summed E-state index contributed by atoms with van der Waals surface area (Å²) in [5.41, 5.74) is 4.63. The highest BCUT2D eigenvalue weighted by Crippen LogP contribution is 2.28. The maximum Gasteiger partial charge on any atom is 0.258 e. The van der Waals surface area contributed by atoms with Crippen LogP contribution >= 0.6 is 22.9 Å². The van der Waals surface area contributed by atoms with Crippen LogP contribution in [0.4, 0.5) is 11.4 Å². The molecule has 2 aromatic heterocycles. The van der Waals surface area contributed by atoms with Gasteiger partial charge in [0.15, 0.2) is 0 Å². The number of carbonyl (C=O) groups excluding carboxylic acids is 1. The fourth-order valence-corrected chi connectivity index (χ4v) is 4.70. The van der Waals surface area contributed by atoms with Gasteiger partial charge in [-0.3, -0.25) is 4.79 Å². The van der Waals surface area contributed by atoms with Crippen molar-refractivity contribution in [3.63, 3.8) is 0 Å². The monoisotopic (exact) mass is 434 g/mol. The third-order valence-electron chi connectivity index (χ3n) is 5.22. The van der Waals surface area contributed by atoms with E-state index < -0.39 is 0 Å². The number of thiophene rings is 1. The second kappa shape index (κ2) is 7.97. The zero-order valence-electron chi connectivity index (χ0n) is 16.1. The van der Waals surface area contributed by atoms with Crippen molar-refractivity contribution in [1.82, 2.24) is 9.78 Å². The molecule has 0 saturated heterocycles. The molecular formula is C23H19ClN4OS. The Morgan fingerprint density at radius 1 is 1.10 bits per heavy atom. The molecule has 0 saturated carbocycles. The lowest BCUT2D eigenvalue weighted by Gasteiger charge is -2.29. The second-order valence-corrected chi connectivity index (χ2v) is 8.63. The highest BCUT2D eigenvalue weighted by Gasteiger charge is 2.17. The van der Waals surface area contributed by atoms with Crippen LogP contribution in [-0.4, -0.2) is 22.2 Å². The van der Waals surface area contributed by atoms with E-state index in [0.29, 0.717) is 10.6 Å². The van der Waals surface area contributed by atoms with Crippen molar-refractivity contribution < 1.29 is 4.79 Å². The summed E-state index contributed by atoms with van der Waals surface area (Å²) in [6.45, 7) is 1.95. The molecule has 1 aliphatic heterocycles. The minimum atomic E-state index is -0.197. The van der Waals surface area contributed by atoms with Gasteiger partial charge in [-0.1, -0.05) is 17.7 Å². The Balaban J connectivity index is 1.26. The third-order valence-corrected chi connectivity index (χ3v) is 6.47. The molecule has 5 nitrogen and oxygen atoms in total. The number of nitrogens with one attached hydrogen (secondary N) is 1. The summed E-state index contributed by atoms with van der Waals surface area (Å²) in [6.07, 6.45) is 4.33. The van der Waals surface area contributed by atoms with E-state index in [1.54, 1.807) is 29.2 Å². The number of anilines is 2. The Labute approximate surface area is 183 Å². The van der Waals surface area contributed by atoms with Gasteiger partial charge in [0.1, 0.15) is 0 Å². The summed E-state index contributed by atoms with van der Waals surface area (Å²) in [7, 11) is 0. The summed E-state index contributed by atoms with van der Waals surface area (Å²) < 4.78 is 1.64. The third kappa shape index (κ3) is 3.84. The maximum absolute atomic E-state index is 12.6. The molecule has 0 spiro atoms. The van der Waals surface area contributed by atoms with E-state index in [2.05, 4.69) is 38.9 Å². The van der Waals surface area contributed by atoms with Crippen LogP contribution in [0, 0.1) is 0 Å². The van der Waals surface area contributed by atoms with E-state index in [0.717, 1.165) is 30.9 Å². The van der Waals surface area contributed by atoms with Crippen LogP contribution in [0.25, 0.3) is 5.69 Å².